The fraction of sp³-hybridized carbons (Fsp3) is 0.412. The van der Waals surface area contributed by atoms with Crippen molar-refractivity contribution in [3.63, 3.8) is 0 Å². The van der Waals surface area contributed by atoms with Crippen LogP contribution in [0.3, 0.4) is 0 Å². The number of urea groups is 1. The number of hydrogen-bond acceptors (Lipinski definition) is 3. The fourth-order valence-electron chi connectivity index (χ4n) is 2.43. The van der Waals surface area contributed by atoms with Crippen molar-refractivity contribution < 1.29 is 9.90 Å². The van der Waals surface area contributed by atoms with E-state index in [-0.39, 0.29) is 12.6 Å². The fourth-order valence-corrected chi connectivity index (χ4v) is 2.43. The predicted molar refractivity (Wildman–Crippen MR) is 89.1 cm³/mol. The van der Waals surface area contributed by atoms with Gasteiger partial charge < -0.3 is 15.7 Å². The van der Waals surface area contributed by atoms with E-state index in [2.05, 4.69) is 27.8 Å². The summed E-state index contributed by atoms with van der Waals surface area (Å²) in [6, 6.07) is 7.15. The van der Waals surface area contributed by atoms with Gasteiger partial charge in [-0.1, -0.05) is 31.2 Å². The Morgan fingerprint density at radius 2 is 2.00 bits per heavy atom. The number of benzene rings is 1. The number of aliphatic hydroxyl groups excluding tert-OH is 1. The molecular formula is C17H24N4O2. The zero-order valence-corrected chi connectivity index (χ0v) is 13.8. The molecule has 2 amide bonds. The van der Waals surface area contributed by atoms with Gasteiger partial charge >= 0.3 is 6.03 Å². The first kappa shape index (κ1) is 17.0. The van der Waals surface area contributed by atoms with E-state index in [1.807, 2.05) is 38.1 Å². The van der Waals surface area contributed by atoms with E-state index >= 15 is 0 Å². The largest absolute Gasteiger partial charge is 0.394 e. The second-order valence-corrected chi connectivity index (χ2v) is 5.57. The Labute approximate surface area is 136 Å². The SMILES string of the molecule is CCc1ccc(C(CO)NC(=O)NCc2c(C)n[nH]c2C)cc1. The zero-order valence-electron chi connectivity index (χ0n) is 13.8. The Morgan fingerprint density at radius 3 is 2.52 bits per heavy atom. The van der Waals surface area contributed by atoms with Crippen LogP contribution < -0.4 is 10.6 Å². The zero-order chi connectivity index (χ0) is 16.8. The van der Waals surface area contributed by atoms with Crippen LogP contribution in [-0.2, 0) is 13.0 Å². The number of aliphatic hydroxyl groups is 1. The molecule has 1 aromatic carbocycles. The Kier molecular flexibility index (Phi) is 5.76. The number of aromatic amines is 1. The summed E-state index contributed by atoms with van der Waals surface area (Å²) < 4.78 is 0. The second kappa shape index (κ2) is 7.78. The topological polar surface area (TPSA) is 90.0 Å². The quantitative estimate of drug-likeness (QED) is 0.658. The molecule has 0 saturated heterocycles. The number of rotatable bonds is 6. The lowest BCUT2D eigenvalue weighted by Gasteiger charge is -2.17. The molecule has 2 rings (SSSR count). The molecule has 1 heterocycles. The molecule has 124 valence electrons. The predicted octanol–water partition coefficient (Wildman–Crippen LogP) is 2.12. The summed E-state index contributed by atoms with van der Waals surface area (Å²) in [5.41, 5.74) is 4.90. The summed E-state index contributed by atoms with van der Waals surface area (Å²) in [4.78, 5) is 12.1. The Bertz CT molecular complexity index is 630. The molecule has 1 atom stereocenters. The molecule has 1 aromatic heterocycles. The maximum Gasteiger partial charge on any atom is 0.315 e. The van der Waals surface area contributed by atoms with E-state index < -0.39 is 6.04 Å². The van der Waals surface area contributed by atoms with Crippen molar-refractivity contribution in [2.45, 2.75) is 39.8 Å². The van der Waals surface area contributed by atoms with Crippen molar-refractivity contribution in [2.24, 2.45) is 0 Å². The first-order valence-electron chi connectivity index (χ1n) is 7.79. The van der Waals surface area contributed by atoms with Gasteiger partial charge in [0.15, 0.2) is 0 Å². The highest BCUT2D eigenvalue weighted by Gasteiger charge is 2.14. The molecule has 0 aliphatic rings. The molecule has 0 spiro atoms. The monoisotopic (exact) mass is 316 g/mol. The average molecular weight is 316 g/mol. The number of carbonyl (C=O) groups is 1. The van der Waals surface area contributed by atoms with Crippen LogP contribution in [0, 0.1) is 13.8 Å². The Balaban J connectivity index is 1.94. The first-order chi connectivity index (χ1) is 11.0. The molecule has 0 bridgehead atoms. The van der Waals surface area contributed by atoms with Gasteiger partial charge in [0.05, 0.1) is 18.3 Å². The highest BCUT2D eigenvalue weighted by atomic mass is 16.3. The van der Waals surface area contributed by atoms with Gasteiger partial charge in [0.1, 0.15) is 0 Å². The van der Waals surface area contributed by atoms with Crippen LogP contribution in [0.4, 0.5) is 4.79 Å². The third kappa shape index (κ3) is 4.32. The third-order valence-electron chi connectivity index (χ3n) is 3.98. The highest BCUT2D eigenvalue weighted by Crippen LogP contribution is 2.14. The first-order valence-corrected chi connectivity index (χ1v) is 7.79. The summed E-state index contributed by atoms with van der Waals surface area (Å²) in [6.07, 6.45) is 0.960. The molecule has 4 N–H and O–H groups in total. The van der Waals surface area contributed by atoms with E-state index in [0.29, 0.717) is 6.54 Å². The number of nitrogens with one attached hydrogen (secondary N) is 3. The van der Waals surface area contributed by atoms with Crippen molar-refractivity contribution in [1.29, 1.82) is 0 Å². The van der Waals surface area contributed by atoms with Crippen molar-refractivity contribution in [3.05, 3.63) is 52.3 Å². The second-order valence-electron chi connectivity index (χ2n) is 5.57. The lowest BCUT2D eigenvalue weighted by atomic mass is 10.0. The van der Waals surface area contributed by atoms with Crippen LogP contribution in [0.5, 0.6) is 0 Å². The lowest BCUT2D eigenvalue weighted by molar-refractivity contribution is 0.216. The van der Waals surface area contributed by atoms with E-state index in [0.717, 1.165) is 28.9 Å². The number of carbonyl (C=O) groups excluding carboxylic acids is 1. The number of hydrogen-bond donors (Lipinski definition) is 4. The van der Waals surface area contributed by atoms with Crippen LogP contribution in [0.2, 0.25) is 0 Å². The van der Waals surface area contributed by atoms with Gasteiger partial charge in [-0.15, -0.1) is 0 Å². The van der Waals surface area contributed by atoms with Gasteiger partial charge in [0, 0.05) is 17.8 Å². The molecule has 0 radical (unpaired) electrons. The van der Waals surface area contributed by atoms with E-state index in [9.17, 15) is 9.90 Å². The van der Waals surface area contributed by atoms with Crippen LogP contribution in [0.25, 0.3) is 0 Å². The van der Waals surface area contributed by atoms with Gasteiger partial charge in [0.25, 0.3) is 0 Å². The summed E-state index contributed by atoms with van der Waals surface area (Å²) in [6.45, 7) is 6.14. The molecule has 23 heavy (non-hydrogen) atoms. The number of nitrogens with zero attached hydrogens (tertiary/aromatic N) is 1. The lowest BCUT2D eigenvalue weighted by Crippen LogP contribution is -2.39. The van der Waals surface area contributed by atoms with Gasteiger partial charge in [-0.3, -0.25) is 5.10 Å². The molecule has 1 unspecified atom stereocenters. The van der Waals surface area contributed by atoms with E-state index in [4.69, 9.17) is 0 Å². The third-order valence-corrected chi connectivity index (χ3v) is 3.98. The molecule has 0 aliphatic heterocycles. The highest BCUT2D eigenvalue weighted by molar-refractivity contribution is 5.74. The number of aryl methyl sites for hydroxylation is 3. The molecule has 2 aromatic rings. The minimum atomic E-state index is -0.424. The molecule has 0 aliphatic carbocycles. The Morgan fingerprint density at radius 1 is 1.30 bits per heavy atom. The number of H-pyrrole nitrogens is 1. The standard InChI is InChI=1S/C17H24N4O2/c1-4-13-5-7-14(8-6-13)16(10-22)19-17(23)18-9-15-11(2)20-21-12(15)3/h5-8,16,22H,4,9-10H2,1-3H3,(H,20,21)(H2,18,19,23). The minimum Gasteiger partial charge on any atom is -0.394 e. The summed E-state index contributed by atoms with van der Waals surface area (Å²) >= 11 is 0. The molecular weight excluding hydrogens is 292 g/mol. The summed E-state index contributed by atoms with van der Waals surface area (Å²) in [5, 5.41) is 22.1. The average Bonchev–Trinajstić information content (AvgIpc) is 2.89. The molecule has 6 heteroatoms. The van der Waals surface area contributed by atoms with Crippen LogP contribution >= 0.6 is 0 Å². The van der Waals surface area contributed by atoms with Gasteiger partial charge in [-0.2, -0.15) is 5.10 Å². The number of aromatic nitrogens is 2. The minimum absolute atomic E-state index is 0.150. The molecule has 6 nitrogen and oxygen atoms in total. The van der Waals surface area contributed by atoms with Crippen LogP contribution in [0.1, 0.15) is 41.0 Å². The Hall–Kier alpha value is -2.34. The van der Waals surface area contributed by atoms with Crippen molar-refractivity contribution in [2.75, 3.05) is 6.61 Å². The normalized spacial score (nSPS) is 12.0. The van der Waals surface area contributed by atoms with Crippen LogP contribution in [0.15, 0.2) is 24.3 Å². The maximum atomic E-state index is 12.1. The summed E-state index contributed by atoms with van der Waals surface area (Å²) in [7, 11) is 0. The van der Waals surface area contributed by atoms with E-state index in [1.54, 1.807) is 0 Å². The summed E-state index contributed by atoms with van der Waals surface area (Å²) in [5.74, 6) is 0. The van der Waals surface area contributed by atoms with Gasteiger partial charge in [0.2, 0.25) is 0 Å². The smallest absolute Gasteiger partial charge is 0.315 e. The van der Waals surface area contributed by atoms with Crippen molar-refractivity contribution >= 4 is 6.03 Å². The van der Waals surface area contributed by atoms with Crippen molar-refractivity contribution in [3.8, 4) is 0 Å². The maximum absolute atomic E-state index is 12.1. The molecule has 0 fully saturated rings. The van der Waals surface area contributed by atoms with Gasteiger partial charge in [-0.05, 0) is 31.4 Å². The van der Waals surface area contributed by atoms with E-state index in [1.165, 1.54) is 5.56 Å². The molecule has 0 saturated carbocycles. The number of amides is 2. The van der Waals surface area contributed by atoms with Gasteiger partial charge in [-0.25, -0.2) is 4.79 Å². The van der Waals surface area contributed by atoms with Crippen LogP contribution in [-0.4, -0.2) is 27.9 Å². The van der Waals surface area contributed by atoms with Crippen molar-refractivity contribution in [1.82, 2.24) is 20.8 Å².